The molecule has 0 aliphatic rings. The zero-order valence-electron chi connectivity index (χ0n) is 11.7. The fourth-order valence-corrected chi connectivity index (χ4v) is 1.82. The summed E-state index contributed by atoms with van der Waals surface area (Å²) in [5.74, 6) is 0. The number of amides is 1. The third kappa shape index (κ3) is 5.61. The van der Waals surface area contributed by atoms with Gasteiger partial charge in [-0.1, -0.05) is 28.1 Å². The SMILES string of the molecule is CC(NC(=O)OC(C)(C)C)C(N)c1ccc(Br)cc1. The Morgan fingerprint density at radius 2 is 1.84 bits per heavy atom. The molecule has 0 fully saturated rings. The van der Waals surface area contributed by atoms with E-state index in [9.17, 15) is 4.79 Å². The fraction of sp³-hybridized carbons (Fsp3) is 0.500. The van der Waals surface area contributed by atoms with Crippen LogP contribution < -0.4 is 11.1 Å². The van der Waals surface area contributed by atoms with Crippen molar-refractivity contribution >= 4 is 22.0 Å². The predicted molar refractivity (Wildman–Crippen MR) is 79.9 cm³/mol. The van der Waals surface area contributed by atoms with Crippen molar-refractivity contribution in [3.05, 3.63) is 34.3 Å². The molecule has 2 atom stereocenters. The minimum absolute atomic E-state index is 0.212. The molecule has 1 rings (SSSR count). The minimum Gasteiger partial charge on any atom is -0.444 e. The second kappa shape index (κ2) is 6.39. The van der Waals surface area contributed by atoms with Crippen molar-refractivity contribution < 1.29 is 9.53 Å². The number of rotatable bonds is 3. The lowest BCUT2D eigenvalue weighted by Gasteiger charge is -2.25. The molecule has 0 bridgehead atoms. The maximum absolute atomic E-state index is 11.7. The van der Waals surface area contributed by atoms with Gasteiger partial charge in [0.2, 0.25) is 0 Å². The lowest BCUT2D eigenvalue weighted by atomic mass is 10.0. The number of carbonyl (C=O) groups excluding carboxylic acids is 1. The second-order valence-corrected chi connectivity index (χ2v) is 6.43. The molecule has 106 valence electrons. The van der Waals surface area contributed by atoms with Crippen molar-refractivity contribution in [3.8, 4) is 0 Å². The molecule has 1 aromatic carbocycles. The van der Waals surface area contributed by atoms with Crippen molar-refractivity contribution in [3.63, 3.8) is 0 Å². The molecule has 0 saturated carbocycles. The molecule has 0 spiro atoms. The van der Waals surface area contributed by atoms with E-state index in [0.717, 1.165) is 10.0 Å². The van der Waals surface area contributed by atoms with E-state index in [4.69, 9.17) is 10.5 Å². The van der Waals surface area contributed by atoms with Gasteiger partial charge in [-0.3, -0.25) is 0 Å². The summed E-state index contributed by atoms with van der Waals surface area (Å²) in [7, 11) is 0. The first-order valence-electron chi connectivity index (χ1n) is 6.19. The van der Waals surface area contributed by atoms with Crippen LogP contribution in [0.4, 0.5) is 4.79 Å². The summed E-state index contributed by atoms with van der Waals surface area (Å²) in [4.78, 5) is 11.7. The van der Waals surface area contributed by atoms with Crippen LogP contribution >= 0.6 is 15.9 Å². The fourth-order valence-electron chi connectivity index (χ4n) is 1.56. The smallest absolute Gasteiger partial charge is 0.407 e. The number of benzene rings is 1. The van der Waals surface area contributed by atoms with Crippen LogP contribution in [0.15, 0.2) is 28.7 Å². The minimum atomic E-state index is -0.508. The molecule has 1 amide bonds. The Morgan fingerprint density at radius 1 is 1.32 bits per heavy atom. The first kappa shape index (κ1) is 16.0. The van der Waals surface area contributed by atoms with Gasteiger partial charge in [-0.2, -0.15) is 0 Å². The monoisotopic (exact) mass is 328 g/mol. The first-order chi connectivity index (χ1) is 8.69. The molecule has 5 heteroatoms. The Balaban J connectivity index is 2.60. The summed E-state index contributed by atoms with van der Waals surface area (Å²) in [5, 5.41) is 2.75. The van der Waals surface area contributed by atoms with Crippen LogP contribution in [0.1, 0.15) is 39.3 Å². The second-order valence-electron chi connectivity index (χ2n) is 5.51. The largest absolute Gasteiger partial charge is 0.444 e. The molecule has 2 unspecified atom stereocenters. The van der Waals surface area contributed by atoms with Gasteiger partial charge in [-0.15, -0.1) is 0 Å². The Bertz CT molecular complexity index is 426. The van der Waals surface area contributed by atoms with Crippen molar-refractivity contribution in [2.75, 3.05) is 0 Å². The zero-order chi connectivity index (χ0) is 14.6. The number of nitrogens with one attached hydrogen (secondary N) is 1. The number of carbonyl (C=O) groups is 1. The van der Waals surface area contributed by atoms with E-state index in [-0.39, 0.29) is 12.1 Å². The summed E-state index contributed by atoms with van der Waals surface area (Å²) < 4.78 is 6.20. The van der Waals surface area contributed by atoms with Crippen molar-refractivity contribution in [2.45, 2.75) is 45.4 Å². The topological polar surface area (TPSA) is 64.3 Å². The maximum Gasteiger partial charge on any atom is 0.407 e. The van der Waals surface area contributed by atoms with Crippen LogP contribution in [0, 0.1) is 0 Å². The average Bonchev–Trinajstić information content (AvgIpc) is 2.26. The molecular weight excluding hydrogens is 308 g/mol. The number of hydrogen-bond donors (Lipinski definition) is 2. The van der Waals surface area contributed by atoms with E-state index in [1.165, 1.54) is 0 Å². The normalized spacial score (nSPS) is 14.6. The third-order valence-corrected chi connectivity index (χ3v) is 3.07. The van der Waals surface area contributed by atoms with Crippen LogP contribution in [0.5, 0.6) is 0 Å². The van der Waals surface area contributed by atoms with E-state index in [1.807, 2.05) is 52.0 Å². The molecule has 19 heavy (non-hydrogen) atoms. The summed E-state index contributed by atoms with van der Waals surface area (Å²) in [5.41, 5.74) is 6.57. The molecule has 4 nitrogen and oxygen atoms in total. The average molecular weight is 329 g/mol. The molecule has 0 aliphatic heterocycles. The molecule has 0 aromatic heterocycles. The Morgan fingerprint density at radius 3 is 2.32 bits per heavy atom. The van der Waals surface area contributed by atoms with Gasteiger partial charge in [0.1, 0.15) is 5.60 Å². The number of nitrogens with two attached hydrogens (primary N) is 1. The number of hydrogen-bond acceptors (Lipinski definition) is 3. The molecule has 0 heterocycles. The predicted octanol–water partition coefficient (Wildman–Crippen LogP) is 3.36. The first-order valence-corrected chi connectivity index (χ1v) is 6.99. The lowest BCUT2D eigenvalue weighted by Crippen LogP contribution is -2.43. The van der Waals surface area contributed by atoms with E-state index < -0.39 is 11.7 Å². The zero-order valence-corrected chi connectivity index (χ0v) is 13.3. The molecule has 0 saturated heterocycles. The highest BCUT2D eigenvalue weighted by molar-refractivity contribution is 9.10. The summed E-state index contributed by atoms with van der Waals surface area (Å²) in [6.07, 6.45) is -0.451. The van der Waals surface area contributed by atoms with Crippen LogP contribution in [0.3, 0.4) is 0 Å². The Hall–Kier alpha value is -1.07. The highest BCUT2D eigenvalue weighted by Crippen LogP contribution is 2.18. The van der Waals surface area contributed by atoms with Gasteiger partial charge < -0.3 is 15.8 Å². The van der Waals surface area contributed by atoms with Crippen LogP contribution in [-0.4, -0.2) is 17.7 Å². The molecular formula is C14H21BrN2O2. The third-order valence-electron chi connectivity index (χ3n) is 2.54. The number of alkyl carbamates (subject to hydrolysis) is 1. The van der Waals surface area contributed by atoms with Crippen LogP contribution in [0.2, 0.25) is 0 Å². The summed E-state index contributed by atoms with van der Waals surface area (Å²) >= 11 is 3.37. The number of ether oxygens (including phenoxy) is 1. The van der Waals surface area contributed by atoms with Crippen LogP contribution in [0.25, 0.3) is 0 Å². The highest BCUT2D eigenvalue weighted by Gasteiger charge is 2.21. The Labute approximate surface area is 122 Å². The molecule has 3 N–H and O–H groups in total. The van der Waals surface area contributed by atoms with Gasteiger partial charge in [0, 0.05) is 16.6 Å². The van der Waals surface area contributed by atoms with Gasteiger partial charge >= 0.3 is 6.09 Å². The Kier molecular flexibility index (Phi) is 5.38. The van der Waals surface area contributed by atoms with E-state index in [1.54, 1.807) is 0 Å². The quantitative estimate of drug-likeness (QED) is 0.894. The summed E-state index contributed by atoms with van der Waals surface area (Å²) in [6.45, 7) is 7.33. The lowest BCUT2D eigenvalue weighted by molar-refractivity contribution is 0.0501. The maximum atomic E-state index is 11.7. The van der Waals surface area contributed by atoms with Crippen molar-refractivity contribution in [2.24, 2.45) is 5.73 Å². The van der Waals surface area contributed by atoms with Crippen LogP contribution in [-0.2, 0) is 4.74 Å². The van der Waals surface area contributed by atoms with Gasteiger partial charge in [-0.25, -0.2) is 4.79 Å². The number of halogens is 1. The highest BCUT2D eigenvalue weighted by atomic mass is 79.9. The van der Waals surface area contributed by atoms with E-state index >= 15 is 0 Å². The summed E-state index contributed by atoms with van der Waals surface area (Å²) in [6, 6.07) is 7.23. The van der Waals surface area contributed by atoms with Gasteiger partial charge in [0.05, 0.1) is 0 Å². The van der Waals surface area contributed by atoms with Gasteiger partial charge in [0.15, 0.2) is 0 Å². The van der Waals surface area contributed by atoms with E-state index in [0.29, 0.717) is 0 Å². The van der Waals surface area contributed by atoms with Crippen molar-refractivity contribution in [1.82, 2.24) is 5.32 Å². The van der Waals surface area contributed by atoms with Crippen molar-refractivity contribution in [1.29, 1.82) is 0 Å². The molecule has 0 aliphatic carbocycles. The van der Waals surface area contributed by atoms with Gasteiger partial charge in [0.25, 0.3) is 0 Å². The molecule has 1 aromatic rings. The van der Waals surface area contributed by atoms with Gasteiger partial charge in [-0.05, 0) is 45.4 Å². The van der Waals surface area contributed by atoms with E-state index in [2.05, 4.69) is 21.2 Å². The molecule has 0 radical (unpaired) electrons. The standard InChI is InChI=1S/C14H21BrN2O2/c1-9(17-13(18)19-14(2,3)4)12(16)10-5-7-11(15)8-6-10/h5-9,12H,16H2,1-4H3,(H,17,18).